The van der Waals surface area contributed by atoms with E-state index in [-0.39, 0.29) is 16.4 Å². The molecule has 0 aliphatic carbocycles. The van der Waals surface area contributed by atoms with Crippen molar-refractivity contribution in [3.05, 3.63) is 83.4 Å². The summed E-state index contributed by atoms with van der Waals surface area (Å²) in [4.78, 5) is 27.9. The molecule has 3 aromatic rings. The highest BCUT2D eigenvalue weighted by atomic mass is 32.2. The van der Waals surface area contributed by atoms with E-state index < -0.39 is 28.0 Å². The van der Waals surface area contributed by atoms with Crippen LogP contribution in [0.3, 0.4) is 0 Å². The molecule has 2 atom stereocenters. The van der Waals surface area contributed by atoms with Crippen molar-refractivity contribution in [1.82, 2.24) is 4.31 Å². The summed E-state index contributed by atoms with van der Waals surface area (Å²) in [7, 11) is -0.813. The van der Waals surface area contributed by atoms with Gasteiger partial charge in [-0.05, 0) is 53.6 Å². The lowest BCUT2D eigenvalue weighted by atomic mass is 9.79. The first-order chi connectivity index (χ1) is 17.2. The number of sulfonamides is 1. The second kappa shape index (κ2) is 8.96. The fraction of sp³-hybridized carbons (Fsp3) is 0.231. The van der Waals surface area contributed by atoms with Crippen LogP contribution in [0.15, 0.2) is 71.6 Å². The Morgan fingerprint density at radius 3 is 2.31 bits per heavy atom. The maximum Gasteiger partial charge on any atom is 0.313 e. The van der Waals surface area contributed by atoms with Crippen LogP contribution in [-0.4, -0.2) is 57.0 Å². The first kappa shape index (κ1) is 23.8. The number of carbonyl (C=O) groups excluding carboxylic acids is 1. The molecule has 10 heteroatoms. The molecule has 9 nitrogen and oxygen atoms in total. The van der Waals surface area contributed by atoms with Crippen molar-refractivity contribution in [2.24, 2.45) is 0 Å². The smallest absolute Gasteiger partial charge is 0.313 e. The molecule has 36 heavy (non-hydrogen) atoms. The molecule has 186 valence electrons. The van der Waals surface area contributed by atoms with Gasteiger partial charge in [-0.2, -0.15) is 0 Å². The van der Waals surface area contributed by atoms with Gasteiger partial charge in [0.1, 0.15) is 19.1 Å². The number of carbonyl (C=O) groups is 2. The molecule has 1 amide bonds. The minimum absolute atomic E-state index is 0.0618. The van der Waals surface area contributed by atoms with Crippen molar-refractivity contribution in [1.29, 1.82) is 0 Å². The highest BCUT2D eigenvalue weighted by Gasteiger charge is 2.45. The second-order valence-corrected chi connectivity index (χ2v) is 10.9. The Hall–Kier alpha value is -3.89. The fourth-order valence-corrected chi connectivity index (χ4v) is 5.56. The first-order valence-corrected chi connectivity index (χ1v) is 12.7. The lowest BCUT2D eigenvalue weighted by Crippen LogP contribution is -2.45. The van der Waals surface area contributed by atoms with Gasteiger partial charge in [0.15, 0.2) is 11.5 Å². The summed E-state index contributed by atoms with van der Waals surface area (Å²) in [5, 5.41) is 10.3. The van der Waals surface area contributed by atoms with Crippen LogP contribution in [0, 0.1) is 0 Å². The monoisotopic (exact) mass is 508 g/mol. The van der Waals surface area contributed by atoms with E-state index in [1.165, 1.54) is 43.3 Å². The number of benzene rings is 3. The number of hydrogen-bond donors (Lipinski definition) is 1. The average Bonchev–Trinajstić information content (AvgIpc) is 2.88. The van der Waals surface area contributed by atoms with Crippen molar-refractivity contribution < 1.29 is 32.6 Å². The predicted molar refractivity (Wildman–Crippen MR) is 131 cm³/mol. The van der Waals surface area contributed by atoms with Crippen LogP contribution in [-0.2, 0) is 14.8 Å². The molecule has 2 heterocycles. The summed E-state index contributed by atoms with van der Waals surface area (Å²) in [6.07, 6.45) is 0. The lowest BCUT2D eigenvalue weighted by molar-refractivity contribution is -0.139. The molecule has 3 aromatic carbocycles. The SMILES string of the molecule is CN(C)S(=O)(=O)c1ccc(N2C(=O)c3ccccc3[C@@H](C(=O)O)[C@@H]2c2ccc3c(c2)OCCO3)cc1. The largest absolute Gasteiger partial charge is 0.486 e. The van der Waals surface area contributed by atoms with Crippen LogP contribution in [0.2, 0.25) is 0 Å². The van der Waals surface area contributed by atoms with Crippen molar-refractivity contribution in [3.63, 3.8) is 0 Å². The molecular weight excluding hydrogens is 484 g/mol. The minimum Gasteiger partial charge on any atom is -0.486 e. The summed E-state index contributed by atoms with van der Waals surface area (Å²) in [5.41, 5.74) is 1.62. The van der Waals surface area contributed by atoms with Gasteiger partial charge in [0.2, 0.25) is 10.0 Å². The third kappa shape index (κ3) is 3.88. The van der Waals surface area contributed by atoms with E-state index in [2.05, 4.69) is 0 Å². The molecule has 1 N–H and O–H groups in total. The van der Waals surface area contributed by atoms with Gasteiger partial charge < -0.3 is 14.6 Å². The zero-order valence-electron chi connectivity index (χ0n) is 19.6. The zero-order valence-corrected chi connectivity index (χ0v) is 20.4. The minimum atomic E-state index is -3.68. The number of carboxylic acids is 1. The number of hydrogen-bond acceptors (Lipinski definition) is 6. The predicted octanol–water partition coefficient (Wildman–Crippen LogP) is 3.28. The standard InChI is InChI=1S/C26H24N2O7S/c1-27(2)36(32,33)18-10-8-17(9-11-18)28-24(16-7-12-21-22(15-16)35-14-13-34-21)23(26(30)31)19-5-3-4-6-20(19)25(28)29/h3-12,15,23-24H,13-14H2,1-2H3,(H,30,31)/t23-,24+/m1/s1. The number of anilines is 1. The van der Waals surface area contributed by atoms with Gasteiger partial charge in [-0.1, -0.05) is 24.3 Å². The van der Waals surface area contributed by atoms with Crippen LogP contribution in [0.4, 0.5) is 5.69 Å². The van der Waals surface area contributed by atoms with Crippen LogP contribution in [0.1, 0.15) is 33.4 Å². The van der Waals surface area contributed by atoms with Gasteiger partial charge in [0.05, 0.1) is 10.9 Å². The summed E-state index contributed by atoms with van der Waals surface area (Å²) < 4.78 is 37.5. The van der Waals surface area contributed by atoms with Crippen molar-refractivity contribution in [2.45, 2.75) is 16.9 Å². The van der Waals surface area contributed by atoms with E-state index in [1.807, 2.05) is 0 Å². The third-order valence-electron chi connectivity index (χ3n) is 6.41. The number of nitrogens with zero attached hydrogens (tertiary/aromatic N) is 2. The second-order valence-electron chi connectivity index (χ2n) is 8.71. The number of amides is 1. The molecule has 0 spiro atoms. The van der Waals surface area contributed by atoms with Gasteiger partial charge in [0.25, 0.3) is 5.91 Å². The molecule has 0 saturated heterocycles. The van der Waals surface area contributed by atoms with Gasteiger partial charge in [-0.15, -0.1) is 0 Å². The molecule has 0 radical (unpaired) electrons. The highest BCUT2D eigenvalue weighted by Crippen LogP contribution is 2.47. The number of rotatable bonds is 5. The van der Waals surface area contributed by atoms with Crippen molar-refractivity contribution >= 4 is 27.6 Å². The van der Waals surface area contributed by atoms with E-state index in [0.29, 0.717) is 41.5 Å². The molecule has 0 unspecified atom stereocenters. The Morgan fingerprint density at radius 2 is 1.64 bits per heavy atom. The Kier molecular flexibility index (Phi) is 5.93. The van der Waals surface area contributed by atoms with Crippen molar-refractivity contribution in [2.75, 3.05) is 32.2 Å². The summed E-state index contributed by atoms with van der Waals surface area (Å²) in [6, 6.07) is 16.7. The van der Waals surface area contributed by atoms with E-state index in [4.69, 9.17) is 9.47 Å². The van der Waals surface area contributed by atoms with Gasteiger partial charge >= 0.3 is 5.97 Å². The molecule has 0 saturated carbocycles. The number of ether oxygens (including phenoxy) is 2. The van der Waals surface area contributed by atoms with E-state index >= 15 is 0 Å². The van der Waals surface area contributed by atoms with Crippen LogP contribution in [0.25, 0.3) is 0 Å². The first-order valence-electron chi connectivity index (χ1n) is 11.3. The molecule has 5 rings (SSSR count). The molecular formula is C26H24N2O7S. The third-order valence-corrected chi connectivity index (χ3v) is 8.24. The normalized spacial score (nSPS) is 19.2. The molecule has 0 aromatic heterocycles. The maximum absolute atomic E-state index is 13.8. The topological polar surface area (TPSA) is 113 Å². The Balaban J connectivity index is 1.69. The number of carboxylic acid groups (broad SMARTS) is 1. The Bertz CT molecular complexity index is 1450. The molecule has 2 aliphatic rings. The van der Waals surface area contributed by atoms with Gasteiger partial charge in [-0.3, -0.25) is 14.5 Å². The van der Waals surface area contributed by atoms with E-state index in [0.717, 1.165) is 4.31 Å². The molecule has 0 bridgehead atoms. The lowest BCUT2D eigenvalue weighted by Gasteiger charge is -2.41. The van der Waals surface area contributed by atoms with Crippen molar-refractivity contribution in [3.8, 4) is 11.5 Å². The fourth-order valence-electron chi connectivity index (χ4n) is 4.66. The van der Waals surface area contributed by atoms with E-state index in [9.17, 15) is 23.1 Å². The summed E-state index contributed by atoms with van der Waals surface area (Å²) >= 11 is 0. The number of aliphatic carboxylic acids is 1. The van der Waals surface area contributed by atoms with Gasteiger partial charge in [0, 0.05) is 25.3 Å². The number of fused-ring (bicyclic) bond motifs is 2. The molecule has 0 fully saturated rings. The Morgan fingerprint density at radius 1 is 0.972 bits per heavy atom. The summed E-state index contributed by atoms with van der Waals surface area (Å²) in [6.45, 7) is 0.768. The van der Waals surface area contributed by atoms with Crippen LogP contribution >= 0.6 is 0 Å². The highest BCUT2D eigenvalue weighted by molar-refractivity contribution is 7.89. The van der Waals surface area contributed by atoms with E-state index in [1.54, 1.807) is 42.5 Å². The maximum atomic E-state index is 13.8. The van der Waals surface area contributed by atoms with Gasteiger partial charge in [-0.25, -0.2) is 12.7 Å². The summed E-state index contributed by atoms with van der Waals surface area (Å²) in [5.74, 6) is -1.53. The zero-order chi connectivity index (χ0) is 25.6. The average molecular weight is 509 g/mol. The van der Waals surface area contributed by atoms with Crippen LogP contribution in [0.5, 0.6) is 11.5 Å². The van der Waals surface area contributed by atoms with Crippen LogP contribution < -0.4 is 14.4 Å². The quantitative estimate of drug-likeness (QED) is 0.563. The molecule has 2 aliphatic heterocycles. The Labute approximate surface area is 208 Å².